The number of aryl methyl sites for hydroxylation is 1. The first kappa shape index (κ1) is 22.0. The molecule has 1 aromatic carbocycles. The molecule has 1 atom stereocenters. The second-order valence-electron chi connectivity index (χ2n) is 8.61. The lowest BCUT2D eigenvalue weighted by molar-refractivity contribution is -0.134. The van der Waals surface area contributed by atoms with Crippen LogP contribution in [0.4, 0.5) is 4.79 Å². The highest BCUT2D eigenvalue weighted by Gasteiger charge is 2.55. The van der Waals surface area contributed by atoms with Gasteiger partial charge in [0.1, 0.15) is 5.54 Å². The number of amides is 3. The highest BCUT2D eigenvalue weighted by molar-refractivity contribution is 6.07. The lowest BCUT2D eigenvalue weighted by atomic mass is 9.74. The second kappa shape index (κ2) is 9.97. The van der Waals surface area contributed by atoms with Gasteiger partial charge < -0.3 is 5.32 Å². The molecule has 166 valence electrons. The molecule has 6 heteroatoms. The van der Waals surface area contributed by atoms with Gasteiger partial charge in [-0.25, -0.2) is 4.79 Å². The van der Waals surface area contributed by atoms with E-state index in [1.54, 1.807) is 6.92 Å². The molecular formula is C26H30N4O2. The van der Waals surface area contributed by atoms with Crippen LogP contribution in [0.3, 0.4) is 0 Å². The van der Waals surface area contributed by atoms with Crippen LogP contribution in [0.5, 0.6) is 0 Å². The maximum Gasteiger partial charge on any atom is 0.325 e. The quantitative estimate of drug-likeness (QED) is 0.541. The number of imide groups is 1. The van der Waals surface area contributed by atoms with Crippen LogP contribution in [0.1, 0.15) is 37.3 Å². The van der Waals surface area contributed by atoms with Crippen LogP contribution >= 0.6 is 0 Å². The van der Waals surface area contributed by atoms with Gasteiger partial charge in [-0.3, -0.25) is 19.6 Å². The molecule has 2 aromatic rings. The monoisotopic (exact) mass is 430 g/mol. The maximum atomic E-state index is 13.6. The number of hydrogen-bond acceptors (Lipinski definition) is 4. The predicted molar refractivity (Wildman–Crippen MR) is 123 cm³/mol. The normalized spacial score (nSPS) is 21.8. The number of carbonyl (C=O) groups is 2. The van der Waals surface area contributed by atoms with E-state index in [0.717, 1.165) is 38.9 Å². The zero-order valence-corrected chi connectivity index (χ0v) is 18.6. The van der Waals surface area contributed by atoms with Crippen LogP contribution in [-0.2, 0) is 17.8 Å². The number of likely N-dealkylation sites (tertiary alicyclic amines) is 1. The highest BCUT2D eigenvalue weighted by atomic mass is 16.2. The minimum atomic E-state index is -0.856. The summed E-state index contributed by atoms with van der Waals surface area (Å²) in [6.07, 6.45) is 6.74. The van der Waals surface area contributed by atoms with Crippen molar-refractivity contribution in [1.29, 1.82) is 0 Å². The molecule has 3 amide bonds. The average Bonchev–Trinajstić information content (AvgIpc) is 3.08. The zero-order chi connectivity index (χ0) is 22.4. The van der Waals surface area contributed by atoms with Crippen molar-refractivity contribution in [2.24, 2.45) is 5.92 Å². The molecule has 2 fully saturated rings. The molecule has 2 saturated heterocycles. The number of rotatable bonds is 7. The van der Waals surface area contributed by atoms with Crippen molar-refractivity contribution in [2.45, 2.75) is 44.7 Å². The summed E-state index contributed by atoms with van der Waals surface area (Å²) in [5.41, 5.74) is 1.56. The molecule has 6 nitrogen and oxygen atoms in total. The SMILES string of the molecule is CC#CCN1C(=O)NC(CCc2ccccc2)(C2CCN(Cc3ccncc3)CC2)C1=O. The van der Waals surface area contributed by atoms with Gasteiger partial charge in [-0.15, -0.1) is 5.92 Å². The molecule has 1 N–H and O–H groups in total. The number of aromatic nitrogens is 1. The summed E-state index contributed by atoms with van der Waals surface area (Å²) in [5, 5.41) is 3.12. The van der Waals surface area contributed by atoms with Crippen molar-refractivity contribution in [3.05, 3.63) is 66.0 Å². The fraction of sp³-hybridized carbons (Fsp3) is 0.423. The van der Waals surface area contributed by atoms with Gasteiger partial charge in [0.15, 0.2) is 0 Å². The molecule has 0 bridgehead atoms. The Hall–Kier alpha value is -3.17. The van der Waals surface area contributed by atoms with Crippen LogP contribution in [0.25, 0.3) is 0 Å². The molecule has 1 aromatic heterocycles. The van der Waals surface area contributed by atoms with Crippen molar-refractivity contribution < 1.29 is 9.59 Å². The van der Waals surface area contributed by atoms with Crippen molar-refractivity contribution >= 4 is 11.9 Å². The van der Waals surface area contributed by atoms with E-state index in [9.17, 15) is 9.59 Å². The Kier molecular flexibility index (Phi) is 6.87. The lowest BCUT2D eigenvalue weighted by Crippen LogP contribution is -2.56. The van der Waals surface area contributed by atoms with Gasteiger partial charge >= 0.3 is 6.03 Å². The highest BCUT2D eigenvalue weighted by Crippen LogP contribution is 2.37. The molecule has 2 aliphatic heterocycles. The van der Waals surface area contributed by atoms with Gasteiger partial charge in [0.25, 0.3) is 5.91 Å². The standard InChI is InChI=1S/C26H30N4O2/c1-2-3-17-30-24(31)26(28-25(30)32,14-9-21-7-5-4-6-8-21)23-12-18-29(19-13-23)20-22-10-15-27-16-11-22/h4-8,10-11,15-16,23H,9,12-14,17-20H2,1H3,(H,28,32). The Morgan fingerprint density at radius 2 is 1.78 bits per heavy atom. The summed E-state index contributed by atoms with van der Waals surface area (Å²) in [7, 11) is 0. The minimum absolute atomic E-state index is 0.107. The fourth-order valence-corrected chi connectivity index (χ4v) is 4.91. The van der Waals surface area contributed by atoms with E-state index in [4.69, 9.17) is 0 Å². The molecule has 0 spiro atoms. The summed E-state index contributed by atoms with van der Waals surface area (Å²) in [6.45, 7) is 4.55. The summed E-state index contributed by atoms with van der Waals surface area (Å²) >= 11 is 0. The maximum absolute atomic E-state index is 13.6. The molecule has 3 heterocycles. The number of nitrogens with one attached hydrogen (secondary N) is 1. The molecule has 0 saturated carbocycles. The first-order chi connectivity index (χ1) is 15.6. The van der Waals surface area contributed by atoms with Gasteiger partial charge in [-0.2, -0.15) is 0 Å². The third-order valence-corrected chi connectivity index (χ3v) is 6.71. The predicted octanol–water partition coefficient (Wildman–Crippen LogP) is 3.24. The number of nitrogens with zero attached hydrogens (tertiary/aromatic N) is 3. The first-order valence-corrected chi connectivity index (χ1v) is 11.3. The van der Waals surface area contributed by atoms with Crippen LogP contribution in [0, 0.1) is 17.8 Å². The number of benzene rings is 1. The fourth-order valence-electron chi connectivity index (χ4n) is 4.91. The third kappa shape index (κ3) is 4.68. The molecule has 1 unspecified atom stereocenters. The Balaban J connectivity index is 1.50. The van der Waals surface area contributed by atoms with Gasteiger partial charge in [0.05, 0.1) is 6.54 Å². The Labute approximate surface area is 190 Å². The van der Waals surface area contributed by atoms with Crippen LogP contribution in [0.15, 0.2) is 54.9 Å². The molecule has 2 aliphatic rings. The van der Waals surface area contributed by atoms with E-state index in [1.165, 1.54) is 16.0 Å². The number of urea groups is 1. The van der Waals surface area contributed by atoms with Crippen LogP contribution in [0.2, 0.25) is 0 Å². The van der Waals surface area contributed by atoms with E-state index in [1.807, 2.05) is 42.7 Å². The summed E-state index contributed by atoms with van der Waals surface area (Å²) in [6, 6.07) is 13.9. The first-order valence-electron chi connectivity index (χ1n) is 11.3. The zero-order valence-electron chi connectivity index (χ0n) is 18.6. The van der Waals surface area contributed by atoms with Crippen molar-refractivity contribution in [2.75, 3.05) is 19.6 Å². The van der Waals surface area contributed by atoms with Crippen LogP contribution in [-0.4, -0.2) is 51.9 Å². The second-order valence-corrected chi connectivity index (χ2v) is 8.61. The van der Waals surface area contributed by atoms with Gasteiger partial charge in [0, 0.05) is 18.9 Å². The molecule has 0 aliphatic carbocycles. The Bertz CT molecular complexity index is 991. The summed E-state index contributed by atoms with van der Waals surface area (Å²) < 4.78 is 0. The smallest absolute Gasteiger partial charge is 0.323 e. The van der Waals surface area contributed by atoms with E-state index in [0.29, 0.717) is 6.42 Å². The van der Waals surface area contributed by atoms with Gasteiger partial charge in [-0.05, 0) is 74.9 Å². The minimum Gasteiger partial charge on any atom is -0.323 e. The van der Waals surface area contributed by atoms with E-state index in [-0.39, 0.29) is 24.4 Å². The lowest BCUT2D eigenvalue weighted by Gasteiger charge is -2.41. The largest absolute Gasteiger partial charge is 0.325 e. The Morgan fingerprint density at radius 3 is 2.47 bits per heavy atom. The van der Waals surface area contributed by atoms with Crippen molar-refractivity contribution in [3.8, 4) is 11.8 Å². The van der Waals surface area contributed by atoms with Crippen molar-refractivity contribution in [3.63, 3.8) is 0 Å². The summed E-state index contributed by atoms with van der Waals surface area (Å²) in [5.74, 6) is 5.67. The number of carbonyl (C=O) groups excluding carboxylic acids is 2. The molecular weight excluding hydrogens is 400 g/mol. The number of piperidine rings is 1. The Morgan fingerprint density at radius 1 is 1.06 bits per heavy atom. The molecule has 0 radical (unpaired) electrons. The summed E-state index contributed by atoms with van der Waals surface area (Å²) in [4.78, 5) is 34.2. The number of pyridine rings is 1. The van der Waals surface area contributed by atoms with E-state index in [2.05, 4.69) is 39.2 Å². The van der Waals surface area contributed by atoms with E-state index >= 15 is 0 Å². The van der Waals surface area contributed by atoms with Gasteiger partial charge in [0.2, 0.25) is 0 Å². The van der Waals surface area contributed by atoms with Crippen LogP contribution < -0.4 is 5.32 Å². The third-order valence-electron chi connectivity index (χ3n) is 6.71. The average molecular weight is 431 g/mol. The van der Waals surface area contributed by atoms with E-state index < -0.39 is 5.54 Å². The molecule has 4 rings (SSSR count). The van der Waals surface area contributed by atoms with Crippen molar-refractivity contribution in [1.82, 2.24) is 20.1 Å². The number of hydrogen-bond donors (Lipinski definition) is 1. The topological polar surface area (TPSA) is 65.5 Å². The van der Waals surface area contributed by atoms with Gasteiger partial charge in [-0.1, -0.05) is 36.3 Å². The molecule has 32 heavy (non-hydrogen) atoms.